The van der Waals surface area contributed by atoms with Crippen LogP contribution in [-0.4, -0.2) is 12.7 Å². The van der Waals surface area contributed by atoms with E-state index in [9.17, 15) is 13.2 Å². The van der Waals surface area contributed by atoms with Gasteiger partial charge >= 0.3 is 6.11 Å². The van der Waals surface area contributed by atoms with Crippen molar-refractivity contribution < 1.29 is 17.9 Å². The third-order valence-electron chi connectivity index (χ3n) is 0.641. The average Bonchev–Trinajstić information content (AvgIpc) is 1.65. The molecular weight excluding hydrogens is 133 g/mol. The fourth-order valence-corrected chi connectivity index (χ4v) is 0.260. The van der Waals surface area contributed by atoms with Crippen molar-refractivity contribution in [2.75, 3.05) is 6.61 Å². The first-order valence-corrected chi connectivity index (χ1v) is 2.37. The summed E-state index contributed by atoms with van der Waals surface area (Å²) in [5.41, 5.74) is 0. The van der Waals surface area contributed by atoms with Gasteiger partial charge in [0.2, 0.25) is 0 Å². The molecule has 0 saturated carbocycles. The Balaban J connectivity index is 3.85. The fraction of sp³-hybridized carbons (Fsp3) is 0.600. The van der Waals surface area contributed by atoms with Crippen molar-refractivity contribution in [2.24, 2.45) is 0 Å². The molecule has 0 aliphatic heterocycles. The predicted octanol–water partition coefficient (Wildman–Crippen LogP) is 2.10. The first-order chi connectivity index (χ1) is 4.00. The molecule has 0 aromatic heterocycles. The lowest BCUT2D eigenvalue weighted by Crippen LogP contribution is -2.20. The lowest BCUT2D eigenvalue weighted by Gasteiger charge is -2.11. The van der Waals surface area contributed by atoms with Gasteiger partial charge in [-0.25, -0.2) is 4.39 Å². The normalized spacial score (nSPS) is 11.6. The SMILES string of the molecule is C=C(F)C(F)(F)OCC. The molecule has 0 aliphatic rings. The van der Waals surface area contributed by atoms with Crippen LogP contribution in [0.5, 0.6) is 0 Å². The van der Waals surface area contributed by atoms with E-state index in [1.54, 1.807) is 0 Å². The highest BCUT2D eigenvalue weighted by Crippen LogP contribution is 2.24. The van der Waals surface area contributed by atoms with E-state index >= 15 is 0 Å². The Bertz CT molecular complexity index is 111. The highest BCUT2D eigenvalue weighted by atomic mass is 19.3. The highest BCUT2D eigenvalue weighted by Gasteiger charge is 2.34. The molecule has 0 spiro atoms. The van der Waals surface area contributed by atoms with Crippen molar-refractivity contribution in [3.63, 3.8) is 0 Å². The Hall–Kier alpha value is -0.510. The summed E-state index contributed by atoms with van der Waals surface area (Å²) in [5, 5.41) is 0. The first-order valence-electron chi connectivity index (χ1n) is 2.37. The van der Waals surface area contributed by atoms with Gasteiger partial charge in [-0.05, 0) is 6.92 Å². The zero-order valence-electron chi connectivity index (χ0n) is 4.96. The predicted molar refractivity (Wildman–Crippen MR) is 26.8 cm³/mol. The van der Waals surface area contributed by atoms with Crippen LogP contribution in [0.2, 0.25) is 0 Å². The number of ether oxygens (including phenoxy) is 1. The molecule has 0 rings (SSSR count). The summed E-state index contributed by atoms with van der Waals surface area (Å²) in [5.74, 6) is -1.76. The van der Waals surface area contributed by atoms with Gasteiger partial charge in [0.25, 0.3) is 0 Å². The van der Waals surface area contributed by atoms with E-state index in [-0.39, 0.29) is 6.61 Å². The van der Waals surface area contributed by atoms with E-state index in [2.05, 4.69) is 11.3 Å². The summed E-state index contributed by atoms with van der Waals surface area (Å²) in [4.78, 5) is 0. The van der Waals surface area contributed by atoms with E-state index in [1.165, 1.54) is 6.92 Å². The molecule has 4 heteroatoms. The Labute approximate surface area is 51.1 Å². The fourth-order valence-electron chi connectivity index (χ4n) is 0.260. The van der Waals surface area contributed by atoms with Crippen LogP contribution in [0.3, 0.4) is 0 Å². The van der Waals surface area contributed by atoms with E-state index in [0.29, 0.717) is 0 Å². The zero-order chi connectivity index (χ0) is 7.49. The summed E-state index contributed by atoms with van der Waals surface area (Å²) in [6, 6.07) is 0. The monoisotopic (exact) mass is 140 g/mol. The molecule has 0 aromatic carbocycles. The van der Waals surface area contributed by atoms with Gasteiger partial charge in [0.1, 0.15) is 0 Å². The molecule has 0 aromatic rings. The molecule has 0 unspecified atom stereocenters. The van der Waals surface area contributed by atoms with Crippen molar-refractivity contribution in [2.45, 2.75) is 13.0 Å². The highest BCUT2D eigenvalue weighted by molar-refractivity contribution is 4.90. The first kappa shape index (κ1) is 8.49. The maximum absolute atomic E-state index is 11.8. The average molecular weight is 140 g/mol. The summed E-state index contributed by atoms with van der Waals surface area (Å²) in [7, 11) is 0. The van der Waals surface area contributed by atoms with Crippen LogP contribution in [0.15, 0.2) is 12.4 Å². The topological polar surface area (TPSA) is 9.23 Å². The van der Waals surface area contributed by atoms with Crippen molar-refractivity contribution in [3.8, 4) is 0 Å². The van der Waals surface area contributed by atoms with Crippen LogP contribution in [0.4, 0.5) is 13.2 Å². The van der Waals surface area contributed by atoms with Crippen LogP contribution in [-0.2, 0) is 4.74 Å². The van der Waals surface area contributed by atoms with Gasteiger partial charge in [-0.1, -0.05) is 6.58 Å². The summed E-state index contributed by atoms with van der Waals surface area (Å²) in [6.45, 7) is 3.51. The molecule has 0 bridgehead atoms. The van der Waals surface area contributed by atoms with Crippen molar-refractivity contribution in [1.29, 1.82) is 0 Å². The van der Waals surface area contributed by atoms with E-state index < -0.39 is 11.9 Å². The Kier molecular flexibility index (Phi) is 2.70. The van der Waals surface area contributed by atoms with Gasteiger partial charge in [-0.15, -0.1) is 0 Å². The van der Waals surface area contributed by atoms with Crippen LogP contribution in [0.25, 0.3) is 0 Å². The zero-order valence-corrected chi connectivity index (χ0v) is 4.96. The molecule has 0 aliphatic carbocycles. The minimum absolute atomic E-state index is 0.240. The van der Waals surface area contributed by atoms with Gasteiger partial charge in [0, 0.05) is 0 Å². The molecule has 0 N–H and O–H groups in total. The lowest BCUT2D eigenvalue weighted by atomic mass is 10.5. The molecule has 0 saturated heterocycles. The molecule has 0 atom stereocenters. The summed E-state index contributed by atoms with van der Waals surface area (Å²) in [6.07, 6.45) is -3.81. The third kappa shape index (κ3) is 2.51. The molecule has 9 heavy (non-hydrogen) atoms. The van der Waals surface area contributed by atoms with Crippen LogP contribution in [0, 0.1) is 0 Å². The van der Waals surface area contributed by atoms with E-state index in [0.717, 1.165) is 0 Å². The van der Waals surface area contributed by atoms with Gasteiger partial charge in [-0.2, -0.15) is 8.78 Å². The lowest BCUT2D eigenvalue weighted by molar-refractivity contribution is -0.216. The maximum Gasteiger partial charge on any atom is 0.408 e. The second-order valence-corrected chi connectivity index (χ2v) is 1.35. The summed E-state index contributed by atoms with van der Waals surface area (Å²) < 4.78 is 39.0. The number of hydrogen-bond acceptors (Lipinski definition) is 1. The van der Waals surface area contributed by atoms with Crippen LogP contribution < -0.4 is 0 Å². The van der Waals surface area contributed by atoms with E-state index in [4.69, 9.17) is 0 Å². The van der Waals surface area contributed by atoms with Crippen molar-refractivity contribution >= 4 is 0 Å². The van der Waals surface area contributed by atoms with Gasteiger partial charge in [0.15, 0.2) is 5.83 Å². The second kappa shape index (κ2) is 2.87. The van der Waals surface area contributed by atoms with Gasteiger partial charge in [0.05, 0.1) is 6.61 Å². The van der Waals surface area contributed by atoms with Crippen molar-refractivity contribution in [1.82, 2.24) is 0 Å². The standard InChI is InChI=1S/C5H7F3O/c1-3-9-5(7,8)4(2)6/h2-3H2,1H3. The maximum atomic E-state index is 11.8. The molecule has 0 radical (unpaired) electrons. The molecular formula is C5H7F3O. The molecule has 54 valence electrons. The summed E-state index contributed by atoms with van der Waals surface area (Å²) >= 11 is 0. The minimum Gasteiger partial charge on any atom is -0.315 e. The Morgan fingerprint density at radius 1 is 1.67 bits per heavy atom. The van der Waals surface area contributed by atoms with Gasteiger partial charge < -0.3 is 4.74 Å². The molecule has 0 fully saturated rings. The Morgan fingerprint density at radius 2 is 2.11 bits per heavy atom. The molecule has 1 nitrogen and oxygen atoms in total. The number of alkyl halides is 2. The third-order valence-corrected chi connectivity index (χ3v) is 0.641. The minimum atomic E-state index is -3.81. The van der Waals surface area contributed by atoms with Gasteiger partial charge in [-0.3, -0.25) is 0 Å². The van der Waals surface area contributed by atoms with E-state index in [1.807, 2.05) is 0 Å². The quantitative estimate of drug-likeness (QED) is 0.583. The van der Waals surface area contributed by atoms with Crippen LogP contribution in [0.1, 0.15) is 6.92 Å². The number of halogens is 3. The Morgan fingerprint density at radius 3 is 2.22 bits per heavy atom. The molecule has 0 heterocycles. The smallest absolute Gasteiger partial charge is 0.315 e. The molecule has 0 amide bonds. The van der Waals surface area contributed by atoms with Crippen molar-refractivity contribution in [3.05, 3.63) is 12.4 Å². The number of hydrogen-bond donors (Lipinski definition) is 0. The van der Waals surface area contributed by atoms with Crippen LogP contribution >= 0.6 is 0 Å². The number of rotatable bonds is 3. The second-order valence-electron chi connectivity index (χ2n) is 1.35. The largest absolute Gasteiger partial charge is 0.408 e.